The average Bonchev–Trinajstić information content (AvgIpc) is 2.77. The van der Waals surface area contributed by atoms with E-state index in [1.165, 1.54) is 4.57 Å². The van der Waals surface area contributed by atoms with Crippen molar-refractivity contribution < 1.29 is 0 Å². The molecule has 33 heavy (non-hydrogen) atoms. The highest BCUT2D eigenvalue weighted by Gasteiger charge is 2.26. The van der Waals surface area contributed by atoms with Crippen molar-refractivity contribution in [2.45, 2.75) is 19.9 Å². The van der Waals surface area contributed by atoms with Gasteiger partial charge in [0.1, 0.15) is 23.3 Å². The van der Waals surface area contributed by atoms with E-state index in [0.29, 0.717) is 27.4 Å². The fraction of sp³-hybridized carbons (Fsp3) is 0.174. The van der Waals surface area contributed by atoms with E-state index in [4.69, 9.17) is 28.1 Å². The quantitative estimate of drug-likeness (QED) is 0.408. The van der Waals surface area contributed by atoms with Gasteiger partial charge in [-0.3, -0.25) is 9.36 Å². The van der Waals surface area contributed by atoms with E-state index in [1.54, 1.807) is 18.2 Å². The number of halogens is 1. The number of hydrogen-bond donors (Lipinski definition) is 3. The summed E-state index contributed by atoms with van der Waals surface area (Å²) in [5.41, 5.74) is 12.5. The maximum Gasteiger partial charge on any atom is 0.267 e. The van der Waals surface area contributed by atoms with Gasteiger partial charge in [-0.2, -0.15) is 15.2 Å². The molecule has 5 N–H and O–H groups in total. The molecule has 4 rings (SSSR count). The lowest BCUT2D eigenvalue weighted by molar-refractivity contribution is 0.508. The Morgan fingerprint density at radius 1 is 1.06 bits per heavy atom. The molecule has 10 heteroatoms. The highest BCUT2D eigenvalue weighted by molar-refractivity contribution is 6.35. The predicted molar refractivity (Wildman–Crippen MR) is 129 cm³/mol. The maximum absolute atomic E-state index is 13.7. The Morgan fingerprint density at radius 3 is 2.45 bits per heavy atom. The van der Waals surface area contributed by atoms with Crippen LogP contribution in [-0.4, -0.2) is 19.5 Å². The second-order valence-corrected chi connectivity index (χ2v) is 8.16. The molecule has 0 amide bonds. The Bertz CT molecular complexity index is 1440. The summed E-state index contributed by atoms with van der Waals surface area (Å²) in [5.74, 6) is 0.410. The van der Waals surface area contributed by atoms with Crippen LogP contribution in [0.2, 0.25) is 5.02 Å². The van der Waals surface area contributed by atoms with E-state index >= 15 is 0 Å². The second kappa shape index (κ2) is 8.76. The van der Waals surface area contributed by atoms with Crippen LogP contribution in [0, 0.1) is 17.2 Å². The van der Waals surface area contributed by atoms with Crippen LogP contribution in [0.5, 0.6) is 0 Å². The first kappa shape index (κ1) is 22.0. The van der Waals surface area contributed by atoms with Crippen LogP contribution in [0.1, 0.15) is 31.3 Å². The standard InChI is InChI=1S/C23H21ClN8O/c1-12(2)18(29-20-14(11-25)19(26)30-23(27)31-20)21-28-16-10-6-9-15(24)17(16)22(33)32(21)13-7-4-3-5-8-13/h3-10,12,18H,1-2H3,(H5,26,27,29,30,31). The number of nitrogens with zero attached hydrogens (tertiary/aromatic N) is 5. The zero-order chi connectivity index (χ0) is 23.7. The number of para-hydroxylation sites is 1. The minimum Gasteiger partial charge on any atom is -0.382 e. The van der Waals surface area contributed by atoms with E-state index in [9.17, 15) is 10.1 Å². The van der Waals surface area contributed by atoms with Gasteiger partial charge in [-0.05, 0) is 30.2 Å². The van der Waals surface area contributed by atoms with E-state index in [-0.39, 0.29) is 34.6 Å². The SMILES string of the molecule is CC(C)C(Nc1nc(N)nc(N)c1C#N)c1nc2cccc(Cl)c2c(=O)n1-c1ccccc1. The number of fused-ring (bicyclic) bond motifs is 1. The molecule has 1 unspecified atom stereocenters. The van der Waals surface area contributed by atoms with Gasteiger partial charge in [-0.1, -0.05) is 49.7 Å². The van der Waals surface area contributed by atoms with Crippen LogP contribution < -0.4 is 22.3 Å². The van der Waals surface area contributed by atoms with Gasteiger partial charge in [0.25, 0.3) is 5.56 Å². The van der Waals surface area contributed by atoms with Gasteiger partial charge in [0.15, 0.2) is 5.82 Å². The summed E-state index contributed by atoms with van der Waals surface area (Å²) >= 11 is 6.37. The van der Waals surface area contributed by atoms with Crippen molar-refractivity contribution in [1.29, 1.82) is 5.26 Å². The van der Waals surface area contributed by atoms with Crippen LogP contribution >= 0.6 is 11.6 Å². The number of nitrogen functional groups attached to an aromatic ring is 2. The fourth-order valence-corrected chi connectivity index (χ4v) is 3.88. The van der Waals surface area contributed by atoms with Crippen molar-refractivity contribution in [3.63, 3.8) is 0 Å². The lowest BCUT2D eigenvalue weighted by Crippen LogP contribution is -2.31. The molecule has 0 aliphatic heterocycles. The Morgan fingerprint density at radius 2 is 1.79 bits per heavy atom. The van der Waals surface area contributed by atoms with Crippen molar-refractivity contribution in [2.75, 3.05) is 16.8 Å². The van der Waals surface area contributed by atoms with Crippen molar-refractivity contribution >= 4 is 40.1 Å². The van der Waals surface area contributed by atoms with Gasteiger partial charge in [-0.15, -0.1) is 0 Å². The summed E-state index contributed by atoms with van der Waals surface area (Å²) in [6.07, 6.45) is 0. The van der Waals surface area contributed by atoms with Crippen LogP contribution in [0.3, 0.4) is 0 Å². The Hall–Kier alpha value is -4.16. The summed E-state index contributed by atoms with van der Waals surface area (Å²) in [6, 6.07) is 15.8. The fourth-order valence-electron chi connectivity index (χ4n) is 3.63. The Labute approximate surface area is 194 Å². The van der Waals surface area contributed by atoms with E-state index in [2.05, 4.69) is 15.3 Å². The molecule has 0 radical (unpaired) electrons. The lowest BCUT2D eigenvalue weighted by atomic mass is 10.0. The molecule has 0 saturated heterocycles. The summed E-state index contributed by atoms with van der Waals surface area (Å²) in [5, 5.41) is 13.4. The van der Waals surface area contributed by atoms with Crippen LogP contribution in [-0.2, 0) is 0 Å². The number of nitrogens with one attached hydrogen (secondary N) is 1. The van der Waals surface area contributed by atoms with Gasteiger partial charge in [0, 0.05) is 0 Å². The molecule has 4 aromatic rings. The number of anilines is 3. The van der Waals surface area contributed by atoms with Gasteiger partial charge >= 0.3 is 0 Å². The highest BCUT2D eigenvalue weighted by atomic mass is 35.5. The molecular weight excluding hydrogens is 440 g/mol. The van der Waals surface area contributed by atoms with Crippen LogP contribution in [0.15, 0.2) is 53.3 Å². The molecule has 1 atom stereocenters. The Balaban J connectivity index is 2.01. The zero-order valence-corrected chi connectivity index (χ0v) is 18.7. The number of nitriles is 1. The first-order valence-corrected chi connectivity index (χ1v) is 10.6. The second-order valence-electron chi connectivity index (χ2n) is 7.75. The third kappa shape index (κ3) is 4.04. The van der Waals surface area contributed by atoms with Gasteiger partial charge in [0.2, 0.25) is 5.95 Å². The number of aromatic nitrogens is 4. The molecular formula is C23H21ClN8O. The van der Waals surface area contributed by atoms with E-state index < -0.39 is 6.04 Å². The maximum atomic E-state index is 13.7. The molecule has 9 nitrogen and oxygen atoms in total. The molecule has 166 valence electrons. The molecule has 0 saturated carbocycles. The molecule has 2 aromatic carbocycles. The smallest absolute Gasteiger partial charge is 0.267 e. The predicted octanol–water partition coefficient (Wildman–Crippen LogP) is 3.67. The van der Waals surface area contributed by atoms with E-state index in [1.807, 2.05) is 50.2 Å². The summed E-state index contributed by atoms with van der Waals surface area (Å²) in [7, 11) is 0. The van der Waals surface area contributed by atoms with Crippen LogP contribution in [0.4, 0.5) is 17.6 Å². The first-order chi connectivity index (χ1) is 15.8. The van der Waals surface area contributed by atoms with Crippen LogP contribution in [0.25, 0.3) is 16.6 Å². The molecule has 0 fully saturated rings. The number of benzene rings is 2. The van der Waals surface area contributed by atoms with Crippen molar-refractivity contribution in [2.24, 2.45) is 5.92 Å². The molecule has 2 aromatic heterocycles. The zero-order valence-electron chi connectivity index (χ0n) is 18.0. The van der Waals surface area contributed by atoms with Crippen molar-refractivity contribution in [3.8, 4) is 11.8 Å². The largest absolute Gasteiger partial charge is 0.382 e. The summed E-state index contributed by atoms with van der Waals surface area (Å²) in [6.45, 7) is 3.92. The first-order valence-electron chi connectivity index (χ1n) is 10.2. The third-order valence-electron chi connectivity index (χ3n) is 5.19. The number of hydrogen-bond acceptors (Lipinski definition) is 8. The minimum absolute atomic E-state index is 0.0336. The van der Waals surface area contributed by atoms with E-state index in [0.717, 1.165) is 0 Å². The topological polar surface area (TPSA) is 149 Å². The third-order valence-corrected chi connectivity index (χ3v) is 5.51. The van der Waals surface area contributed by atoms with Crippen molar-refractivity contribution in [3.05, 3.63) is 75.3 Å². The van der Waals surface area contributed by atoms with Crippen molar-refractivity contribution in [1.82, 2.24) is 19.5 Å². The number of nitrogens with two attached hydrogens (primary N) is 2. The number of rotatable bonds is 5. The molecule has 2 heterocycles. The molecule has 0 spiro atoms. The van der Waals surface area contributed by atoms with Gasteiger partial charge in [0.05, 0.1) is 27.7 Å². The highest BCUT2D eigenvalue weighted by Crippen LogP contribution is 2.30. The van der Waals surface area contributed by atoms with Gasteiger partial charge in [-0.25, -0.2) is 4.98 Å². The normalized spacial score (nSPS) is 12.0. The molecule has 0 aliphatic rings. The minimum atomic E-state index is -0.540. The molecule has 0 aliphatic carbocycles. The summed E-state index contributed by atoms with van der Waals surface area (Å²) < 4.78 is 1.52. The average molecular weight is 461 g/mol. The Kier molecular flexibility index (Phi) is 5.85. The monoisotopic (exact) mass is 460 g/mol. The summed E-state index contributed by atoms with van der Waals surface area (Å²) in [4.78, 5) is 26.5. The lowest BCUT2D eigenvalue weighted by Gasteiger charge is -2.26. The van der Waals surface area contributed by atoms with Gasteiger partial charge < -0.3 is 16.8 Å². The molecule has 0 bridgehead atoms.